The van der Waals surface area contributed by atoms with Gasteiger partial charge in [0.05, 0.1) is 13.2 Å². The van der Waals surface area contributed by atoms with E-state index in [1.54, 1.807) is 35.2 Å². The Balaban J connectivity index is 2.46. The highest BCUT2D eigenvalue weighted by Gasteiger charge is 2.28. The maximum absolute atomic E-state index is 13.3. The topological polar surface area (TPSA) is 53.5 Å². The molecule has 0 aliphatic heterocycles. The molecule has 142 valence electrons. The van der Waals surface area contributed by atoms with Crippen LogP contribution in [0.1, 0.15) is 48.3 Å². The number of hydrogen-bond donors (Lipinski definition) is 1. The normalized spacial score (nSPS) is 13.3. The number of aromatic nitrogens is 1. The second-order valence-electron chi connectivity index (χ2n) is 7.38. The molecule has 0 saturated carbocycles. The van der Waals surface area contributed by atoms with Crippen LogP contribution in [0.5, 0.6) is 0 Å². The molecule has 5 heteroatoms. The number of rotatable bonds is 7. The molecule has 1 atom stereocenters. The van der Waals surface area contributed by atoms with Gasteiger partial charge in [0.25, 0.3) is 0 Å². The second kappa shape index (κ2) is 9.02. The maximum atomic E-state index is 13.3. The zero-order chi connectivity index (χ0) is 20.0. The first-order chi connectivity index (χ1) is 12.8. The molecule has 27 heavy (non-hydrogen) atoms. The Morgan fingerprint density at radius 3 is 2.52 bits per heavy atom. The Bertz CT molecular complexity index is 836. The van der Waals surface area contributed by atoms with Crippen LogP contribution in [-0.2, 0) is 24.7 Å². The van der Waals surface area contributed by atoms with Crippen LogP contribution in [0.4, 0.5) is 0 Å². The van der Waals surface area contributed by atoms with Crippen LogP contribution in [0.2, 0.25) is 0 Å². The zero-order valence-electron chi connectivity index (χ0n) is 16.1. The molecule has 0 bridgehead atoms. The molecule has 1 aromatic heterocycles. The fourth-order valence-electron chi connectivity index (χ4n) is 2.71. The number of pyridine rings is 1. The predicted octanol–water partition coefficient (Wildman–Crippen LogP) is 3.32. The first-order valence-corrected chi connectivity index (χ1v) is 9.26. The van der Waals surface area contributed by atoms with Crippen LogP contribution < -0.4 is 4.57 Å². The molecule has 0 fully saturated rings. The Kier molecular flexibility index (Phi) is 6.99. The summed E-state index contributed by atoms with van der Waals surface area (Å²) in [5.74, 6) is -0.131. The van der Waals surface area contributed by atoms with Gasteiger partial charge in [-0.15, -0.1) is 6.58 Å². The van der Waals surface area contributed by atoms with Crippen molar-refractivity contribution in [2.24, 2.45) is 4.99 Å². The van der Waals surface area contributed by atoms with Crippen molar-refractivity contribution in [3.63, 3.8) is 0 Å². The first-order valence-electron chi connectivity index (χ1n) is 8.85. The summed E-state index contributed by atoms with van der Waals surface area (Å²) in [5.41, 5.74) is 2.44. The highest BCUT2D eigenvalue weighted by Crippen LogP contribution is 2.23. The summed E-state index contributed by atoms with van der Waals surface area (Å²) < 4.78 is 1.71. The van der Waals surface area contributed by atoms with Crippen LogP contribution in [0.15, 0.2) is 66.4 Å². The van der Waals surface area contributed by atoms with Gasteiger partial charge in [-0.2, -0.15) is 4.57 Å². The van der Waals surface area contributed by atoms with Gasteiger partial charge in [0.15, 0.2) is 12.4 Å². The van der Waals surface area contributed by atoms with E-state index in [1.807, 2.05) is 24.3 Å². The highest BCUT2D eigenvalue weighted by atomic mass is 32.1. The number of carbonyl (C=O) groups is 1. The number of Topliss-reactive ketones (excluding diaryl/α,β-unsaturated/α-hetero) is 1. The summed E-state index contributed by atoms with van der Waals surface area (Å²) >= 11 is 5.45. The molecule has 0 aliphatic carbocycles. The van der Waals surface area contributed by atoms with E-state index in [9.17, 15) is 9.90 Å². The van der Waals surface area contributed by atoms with Crippen molar-refractivity contribution < 1.29 is 14.5 Å². The van der Waals surface area contributed by atoms with E-state index >= 15 is 0 Å². The van der Waals surface area contributed by atoms with E-state index in [0.717, 1.165) is 5.56 Å². The highest BCUT2D eigenvalue weighted by molar-refractivity contribution is 7.77. The number of benzene rings is 1. The number of ketones is 1. The lowest BCUT2D eigenvalue weighted by Crippen LogP contribution is -2.48. The SMILES string of the molecule is C=CCN=C([S-])[C@H](C(=O)c1ccc(C(C)(C)C)cc1)[n+]1cccc(CO)c1. The number of hydrogen-bond acceptors (Lipinski definition) is 4. The van der Waals surface area contributed by atoms with Crippen molar-refractivity contribution in [2.45, 2.75) is 38.8 Å². The summed E-state index contributed by atoms with van der Waals surface area (Å²) in [7, 11) is 0. The van der Waals surface area contributed by atoms with Gasteiger partial charge in [0.2, 0.25) is 11.8 Å². The van der Waals surface area contributed by atoms with E-state index < -0.39 is 6.04 Å². The molecule has 0 amide bonds. The third-order valence-electron chi connectivity index (χ3n) is 4.26. The van der Waals surface area contributed by atoms with Crippen LogP contribution in [-0.4, -0.2) is 22.5 Å². The number of aliphatic hydroxyl groups is 1. The van der Waals surface area contributed by atoms with Gasteiger partial charge in [-0.3, -0.25) is 4.79 Å². The largest absolute Gasteiger partial charge is 0.758 e. The number of aliphatic hydroxyl groups excluding tert-OH is 1. The van der Waals surface area contributed by atoms with Gasteiger partial charge in [-0.1, -0.05) is 51.1 Å². The number of aliphatic imine (C=N–C) groups is 1. The minimum absolute atomic E-state index is 0.0137. The second-order valence-corrected chi connectivity index (χ2v) is 7.80. The zero-order valence-corrected chi connectivity index (χ0v) is 16.9. The lowest BCUT2D eigenvalue weighted by Gasteiger charge is -2.21. The maximum Gasteiger partial charge on any atom is 0.237 e. The monoisotopic (exact) mass is 382 g/mol. The van der Waals surface area contributed by atoms with Crippen molar-refractivity contribution in [1.29, 1.82) is 0 Å². The Hall–Kier alpha value is -2.37. The van der Waals surface area contributed by atoms with Crippen LogP contribution in [0.3, 0.4) is 0 Å². The smallest absolute Gasteiger partial charge is 0.237 e. The molecule has 0 saturated heterocycles. The molecule has 2 aromatic rings. The molecule has 1 N–H and O–H groups in total. The van der Waals surface area contributed by atoms with Crippen LogP contribution >= 0.6 is 0 Å². The lowest BCUT2D eigenvalue weighted by molar-refractivity contribution is -0.692. The summed E-state index contributed by atoms with van der Waals surface area (Å²) in [4.78, 5) is 17.5. The third kappa shape index (κ3) is 5.31. The molecule has 0 aliphatic rings. The number of carbonyl (C=O) groups excluding carboxylic acids is 1. The molecule has 4 nitrogen and oxygen atoms in total. The molecule has 0 unspecified atom stereocenters. The summed E-state index contributed by atoms with van der Waals surface area (Å²) in [5, 5.41) is 9.71. The standard InChI is InChI=1S/C22H26N2O2S/c1-5-12-23-21(27)19(24-13-6-7-16(14-24)15-25)20(26)17-8-10-18(11-9-17)22(2,3)4/h5-11,13-14,19,25H,1,12,15H2,2-4H3/t19-/m0/s1. The van der Waals surface area contributed by atoms with Gasteiger partial charge < -0.3 is 22.7 Å². The van der Waals surface area contributed by atoms with Crippen LogP contribution in [0, 0.1) is 0 Å². The van der Waals surface area contributed by atoms with Crippen LogP contribution in [0.25, 0.3) is 0 Å². The van der Waals surface area contributed by atoms with E-state index in [-0.39, 0.29) is 17.8 Å². The van der Waals surface area contributed by atoms with E-state index in [0.29, 0.717) is 22.7 Å². The van der Waals surface area contributed by atoms with Crippen molar-refractivity contribution in [3.8, 4) is 0 Å². The molecule has 1 aromatic carbocycles. The average Bonchev–Trinajstić information content (AvgIpc) is 2.66. The summed E-state index contributed by atoms with van der Waals surface area (Å²) in [6.07, 6.45) is 5.13. The molecular weight excluding hydrogens is 356 g/mol. The molecule has 0 radical (unpaired) electrons. The Morgan fingerprint density at radius 2 is 1.96 bits per heavy atom. The fraction of sp³-hybridized carbons (Fsp3) is 0.318. The van der Waals surface area contributed by atoms with E-state index in [4.69, 9.17) is 12.6 Å². The van der Waals surface area contributed by atoms with Gasteiger partial charge in [-0.25, -0.2) is 0 Å². The molecule has 0 spiro atoms. The Morgan fingerprint density at radius 1 is 1.30 bits per heavy atom. The quantitative estimate of drug-likeness (QED) is 0.200. The molecular formula is C22H26N2O2S. The van der Waals surface area contributed by atoms with Gasteiger partial charge in [0, 0.05) is 17.2 Å². The minimum atomic E-state index is -0.744. The summed E-state index contributed by atoms with van der Waals surface area (Å²) in [6, 6.07) is 10.5. The first kappa shape index (κ1) is 20.9. The fourth-order valence-corrected chi connectivity index (χ4v) is 3.01. The molecule has 2 rings (SSSR count). The predicted molar refractivity (Wildman–Crippen MR) is 111 cm³/mol. The molecule has 1 heterocycles. The van der Waals surface area contributed by atoms with Crippen molar-refractivity contribution in [3.05, 3.63) is 78.1 Å². The van der Waals surface area contributed by atoms with Gasteiger partial charge in [-0.05, 0) is 22.1 Å². The van der Waals surface area contributed by atoms with Crippen molar-refractivity contribution >= 4 is 23.5 Å². The van der Waals surface area contributed by atoms with E-state index in [2.05, 4.69) is 32.3 Å². The van der Waals surface area contributed by atoms with Gasteiger partial charge in [0.1, 0.15) is 0 Å². The van der Waals surface area contributed by atoms with Crippen molar-refractivity contribution in [2.75, 3.05) is 6.54 Å². The third-order valence-corrected chi connectivity index (χ3v) is 4.61. The number of nitrogens with zero attached hydrogens (tertiary/aromatic N) is 2. The summed E-state index contributed by atoms with van der Waals surface area (Å²) in [6.45, 7) is 10.3. The van der Waals surface area contributed by atoms with E-state index in [1.165, 1.54) is 0 Å². The average molecular weight is 383 g/mol. The lowest BCUT2D eigenvalue weighted by atomic mass is 9.86. The van der Waals surface area contributed by atoms with Gasteiger partial charge >= 0.3 is 0 Å². The minimum Gasteiger partial charge on any atom is -0.758 e. The van der Waals surface area contributed by atoms with Crippen molar-refractivity contribution in [1.82, 2.24) is 0 Å². The Labute approximate surface area is 166 Å².